The Kier molecular flexibility index (Phi) is 5.43. The molecule has 0 fully saturated rings. The van der Waals surface area contributed by atoms with E-state index < -0.39 is 0 Å². The first kappa shape index (κ1) is 17.4. The predicted octanol–water partition coefficient (Wildman–Crippen LogP) is 4.04. The van der Waals surface area contributed by atoms with Crippen molar-refractivity contribution >= 4 is 23.2 Å². The average Bonchev–Trinajstić information content (AvgIpc) is 2.68. The fourth-order valence-corrected chi connectivity index (χ4v) is 2.51. The van der Waals surface area contributed by atoms with Gasteiger partial charge in [-0.15, -0.1) is 0 Å². The van der Waals surface area contributed by atoms with Crippen LogP contribution < -0.4 is 15.4 Å². The van der Waals surface area contributed by atoms with Crippen LogP contribution in [0.5, 0.6) is 5.75 Å². The monoisotopic (exact) mass is 348 g/mol. The predicted molar refractivity (Wildman–Crippen MR) is 102 cm³/mol. The lowest BCUT2D eigenvalue weighted by atomic mass is 10.1. The molecule has 6 nitrogen and oxygen atoms in total. The van der Waals surface area contributed by atoms with E-state index in [1.165, 1.54) is 0 Å². The van der Waals surface area contributed by atoms with Crippen molar-refractivity contribution in [3.05, 3.63) is 72.1 Å². The number of benzene rings is 2. The van der Waals surface area contributed by atoms with Crippen molar-refractivity contribution in [2.75, 3.05) is 17.7 Å². The van der Waals surface area contributed by atoms with Gasteiger partial charge in [0.05, 0.1) is 7.11 Å². The van der Waals surface area contributed by atoms with E-state index in [-0.39, 0.29) is 11.6 Å². The summed E-state index contributed by atoms with van der Waals surface area (Å²) in [4.78, 5) is 21.0. The summed E-state index contributed by atoms with van der Waals surface area (Å²) >= 11 is 0. The molecule has 132 valence electrons. The lowest BCUT2D eigenvalue weighted by molar-refractivity contribution is 0.102. The van der Waals surface area contributed by atoms with Gasteiger partial charge in [0, 0.05) is 23.6 Å². The van der Waals surface area contributed by atoms with Crippen LogP contribution in [0.2, 0.25) is 0 Å². The molecule has 3 aromatic rings. The number of hydrogen-bond acceptors (Lipinski definition) is 5. The lowest BCUT2D eigenvalue weighted by Crippen LogP contribution is -2.15. The maximum atomic E-state index is 12.5. The third-order valence-corrected chi connectivity index (χ3v) is 3.86. The van der Waals surface area contributed by atoms with Crippen molar-refractivity contribution in [3.8, 4) is 5.75 Å². The number of hydrogen-bond donors (Lipinski definition) is 2. The summed E-state index contributed by atoms with van der Waals surface area (Å²) in [6.07, 6.45) is 2.39. The minimum atomic E-state index is -0.276. The molecule has 0 bridgehead atoms. The molecule has 2 N–H and O–H groups in total. The highest BCUT2D eigenvalue weighted by Gasteiger charge is 2.11. The van der Waals surface area contributed by atoms with Crippen LogP contribution in [-0.4, -0.2) is 23.0 Å². The lowest BCUT2D eigenvalue weighted by Gasteiger charge is -2.10. The van der Waals surface area contributed by atoms with Crippen LogP contribution in [0, 0.1) is 0 Å². The summed E-state index contributed by atoms with van der Waals surface area (Å²) < 4.78 is 5.20. The van der Waals surface area contributed by atoms with E-state index >= 15 is 0 Å². The molecule has 6 heteroatoms. The van der Waals surface area contributed by atoms with Crippen molar-refractivity contribution in [2.24, 2.45) is 0 Å². The highest BCUT2D eigenvalue weighted by Crippen LogP contribution is 2.20. The number of aromatic nitrogens is 2. The highest BCUT2D eigenvalue weighted by atomic mass is 16.5. The summed E-state index contributed by atoms with van der Waals surface area (Å²) in [5, 5.41) is 5.99. The molecule has 0 aliphatic carbocycles. The molecule has 0 saturated heterocycles. The normalized spacial score (nSPS) is 10.2. The molecule has 0 aliphatic rings. The van der Waals surface area contributed by atoms with Crippen LogP contribution in [-0.2, 0) is 6.42 Å². The van der Waals surface area contributed by atoms with Gasteiger partial charge in [-0.25, -0.2) is 9.97 Å². The summed E-state index contributed by atoms with van der Waals surface area (Å²) in [7, 11) is 1.61. The number of para-hydroxylation sites is 1. The van der Waals surface area contributed by atoms with Gasteiger partial charge in [-0.1, -0.05) is 31.2 Å². The molecule has 26 heavy (non-hydrogen) atoms. The highest BCUT2D eigenvalue weighted by molar-refractivity contribution is 6.03. The van der Waals surface area contributed by atoms with Crippen LogP contribution >= 0.6 is 0 Å². The third-order valence-electron chi connectivity index (χ3n) is 3.86. The number of ether oxygens (including phenoxy) is 1. The molecule has 0 aliphatic heterocycles. The van der Waals surface area contributed by atoms with Crippen LogP contribution in [0.15, 0.2) is 60.8 Å². The fourth-order valence-electron chi connectivity index (χ4n) is 2.51. The number of nitrogens with zero attached hydrogens (tertiary/aromatic N) is 2. The Morgan fingerprint density at radius 1 is 1.12 bits per heavy atom. The maximum absolute atomic E-state index is 12.5. The molecule has 1 heterocycles. The van der Waals surface area contributed by atoms with Crippen LogP contribution in [0.25, 0.3) is 0 Å². The smallest absolute Gasteiger partial charge is 0.274 e. The Morgan fingerprint density at radius 2 is 1.96 bits per heavy atom. The van der Waals surface area contributed by atoms with Gasteiger partial charge in [0.25, 0.3) is 5.91 Å². The van der Waals surface area contributed by atoms with E-state index in [1.54, 1.807) is 19.4 Å². The number of amides is 1. The molecule has 2 aromatic carbocycles. The number of methoxy groups -OCH3 is 1. The zero-order chi connectivity index (χ0) is 18.4. The summed E-state index contributed by atoms with van der Waals surface area (Å²) in [5.74, 6) is 0.789. The summed E-state index contributed by atoms with van der Waals surface area (Å²) in [6, 6.07) is 16.7. The molecule has 3 rings (SSSR count). The molecule has 0 spiro atoms. The van der Waals surface area contributed by atoms with Crippen molar-refractivity contribution in [3.63, 3.8) is 0 Å². The largest absolute Gasteiger partial charge is 0.497 e. The van der Waals surface area contributed by atoms with Gasteiger partial charge < -0.3 is 15.4 Å². The second-order valence-corrected chi connectivity index (χ2v) is 5.59. The Hall–Kier alpha value is -3.41. The first-order chi connectivity index (χ1) is 12.7. The van der Waals surface area contributed by atoms with Gasteiger partial charge in [0.15, 0.2) is 0 Å². The molecular formula is C20H20N4O2. The van der Waals surface area contributed by atoms with Crippen molar-refractivity contribution in [1.29, 1.82) is 0 Å². The minimum absolute atomic E-state index is 0.276. The SMILES string of the molecule is CCc1ccccc1NC(=O)c1ccnc(Nc2cccc(OC)c2)n1. The Labute approximate surface area is 152 Å². The first-order valence-corrected chi connectivity index (χ1v) is 8.33. The zero-order valence-electron chi connectivity index (χ0n) is 14.7. The van der Waals surface area contributed by atoms with Crippen LogP contribution in [0.4, 0.5) is 17.3 Å². The minimum Gasteiger partial charge on any atom is -0.497 e. The van der Waals surface area contributed by atoms with Crippen LogP contribution in [0.1, 0.15) is 23.0 Å². The van der Waals surface area contributed by atoms with Gasteiger partial charge in [-0.2, -0.15) is 0 Å². The number of rotatable bonds is 6. The molecule has 0 unspecified atom stereocenters. The first-order valence-electron chi connectivity index (χ1n) is 8.33. The Balaban J connectivity index is 1.77. The Bertz CT molecular complexity index is 912. The van der Waals surface area contributed by atoms with E-state index in [2.05, 4.69) is 20.6 Å². The van der Waals surface area contributed by atoms with E-state index in [4.69, 9.17) is 4.74 Å². The Morgan fingerprint density at radius 3 is 2.77 bits per heavy atom. The van der Waals surface area contributed by atoms with Gasteiger partial charge in [0.2, 0.25) is 5.95 Å². The summed E-state index contributed by atoms with van der Waals surface area (Å²) in [5.41, 5.74) is 2.93. The van der Waals surface area contributed by atoms with Gasteiger partial charge in [0.1, 0.15) is 11.4 Å². The standard InChI is InChI=1S/C20H20N4O2/c1-3-14-7-4-5-10-17(14)23-19(25)18-11-12-21-20(24-18)22-15-8-6-9-16(13-15)26-2/h4-13H,3H2,1-2H3,(H,23,25)(H,21,22,24). The van der Waals surface area contributed by atoms with E-state index in [0.29, 0.717) is 5.95 Å². The second-order valence-electron chi connectivity index (χ2n) is 5.59. The van der Waals surface area contributed by atoms with Crippen LogP contribution in [0.3, 0.4) is 0 Å². The zero-order valence-corrected chi connectivity index (χ0v) is 14.7. The van der Waals surface area contributed by atoms with Crippen molar-refractivity contribution in [1.82, 2.24) is 9.97 Å². The molecule has 0 atom stereocenters. The number of carbonyl (C=O) groups excluding carboxylic acids is 1. The third kappa shape index (κ3) is 4.16. The van der Waals surface area contributed by atoms with Gasteiger partial charge in [-0.3, -0.25) is 4.79 Å². The number of carbonyl (C=O) groups is 1. The topological polar surface area (TPSA) is 76.1 Å². The molecule has 1 aromatic heterocycles. The van der Waals surface area contributed by atoms with Crippen molar-refractivity contribution in [2.45, 2.75) is 13.3 Å². The van der Waals surface area contributed by atoms with Gasteiger partial charge >= 0.3 is 0 Å². The van der Waals surface area contributed by atoms with E-state index in [0.717, 1.165) is 29.1 Å². The maximum Gasteiger partial charge on any atom is 0.274 e. The number of nitrogens with one attached hydrogen (secondary N) is 2. The second kappa shape index (κ2) is 8.11. The quantitative estimate of drug-likeness (QED) is 0.703. The molecule has 0 radical (unpaired) electrons. The fraction of sp³-hybridized carbons (Fsp3) is 0.150. The number of aryl methyl sites for hydroxylation is 1. The van der Waals surface area contributed by atoms with Crippen molar-refractivity contribution < 1.29 is 9.53 Å². The van der Waals surface area contributed by atoms with E-state index in [9.17, 15) is 4.79 Å². The molecular weight excluding hydrogens is 328 g/mol. The molecule has 0 saturated carbocycles. The number of anilines is 3. The van der Waals surface area contributed by atoms with E-state index in [1.807, 2.05) is 55.5 Å². The average molecular weight is 348 g/mol. The molecule has 1 amide bonds. The summed E-state index contributed by atoms with van der Waals surface area (Å²) in [6.45, 7) is 2.05. The van der Waals surface area contributed by atoms with Gasteiger partial charge in [-0.05, 0) is 36.2 Å².